The molecule has 1 atom stereocenters. The van der Waals surface area contributed by atoms with Crippen molar-refractivity contribution in [1.82, 2.24) is 10.1 Å². The number of rotatable bonds is 11. The third kappa shape index (κ3) is 7.77. The predicted molar refractivity (Wildman–Crippen MR) is 131 cm³/mol. The minimum Gasteiger partial charge on any atom is -0.389 e. The van der Waals surface area contributed by atoms with Crippen LogP contribution in [0.2, 0.25) is 0 Å². The molecule has 1 aliphatic heterocycles. The van der Waals surface area contributed by atoms with Gasteiger partial charge in [0.15, 0.2) is 0 Å². The number of nitrogens with zero attached hydrogens (tertiary/aromatic N) is 3. The Labute approximate surface area is 202 Å². The molecule has 0 bridgehead atoms. The van der Waals surface area contributed by atoms with Gasteiger partial charge in [-0.2, -0.15) is 0 Å². The summed E-state index contributed by atoms with van der Waals surface area (Å²) < 4.78 is 31.8. The summed E-state index contributed by atoms with van der Waals surface area (Å²) in [5, 5.41) is 15.0. The minimum atomic E-state index is -0.644. The summed E-state index contributed by atoms with van der Waals surface area (Å²) in [4.78, 5) is 4.30. The van der Waals surface area contributed by atoms with Gasteiger partial charge in [-0.05, 0) is 51.8 Å². The van der Waals surface area contributed by atoms with Crippen LogP contribution < -0.4 is 4.90 Å². The standard InChI is InChI=1S/C26H40FN3O4/c1-19(2)10-11-29(16-20(31)18-33-26(3,4)5)17-22-24(21-8-6-7-9-23(21)27)28-34-25(22)30-12-14-32-15-13-30/h6-9,19-20,31H,10-18H2,1-5H3. The number of morpholine rings is 1. The van der Waals surface area contributed by atoms with E-state index >= 15 is 0 Å². The topological polar surface area (TPSA) is 71.2 Å². The third-order valence-electron chi connectivity index (χ3n) is 5.78. The maximum atomic E-state index is 14.7. The van der Waals surface area contributed by atoms with Crippen molar-refractivity contribution < 1.29 is 23.5 Å². The summed E-state index contributed by atoms with van der Waals surface area (Å²) in [6.45, 7) is 14.8. The number of halogens is 1. The number of benzene rings is 1. The molecule has 1 aromatic carbocycles. The highest BCUT2D eigenvalue weighted by molar-refractivity contribution is 5.68. The highest BCUT2D eigenvalue weighted by Gasteiger charge is 2.27. The molecule has 1 aromatic heterocycles. The fourth-order valence-corrected chi connectivity index (χ4v) is 3.92. The van der Waals surface area contributed by atoms with E-state index in [1.54, 1.807) is 18.2 Å². The number of aliphatic hydroxyl groups excluding tert-OH is 1. The van der Waals surface area contributed by atoms with Crippen LogP contribution in [-0.4, -0.2) is 72.9 Å². The molecule has 34 heavy (non-hydrogen) atoms. The number of anilines is 1. The van der Waals surface area contributed by atoms with Crippen LogP contribution in [-0.2, 0) is 16.0 Å². The summed E-state index contributed by atoms with van der Waals surface area (Å²) in [7, 11) is 0. The number of hydrogen-bond donors (Lipinski definition) is 1. The molecule has 0 amide bonds. The molecular weight excluding hydrogens is 437 g/mol. The summed E-state index contributed by atoms with van der Waals surface area (Å²) in [5.41, 5.74) is 1.44. The van der Waals surface area contributed by atoms with Crippen molar-refractivity contribution in [3.8, 4) is 11.3 Å². The lowest BCUT2D eigenvalue weighted by Crippen LogP contribution is -2.39. The van der Waals surface area contributed by atoms with Crippen LogP contribution in [0.25, 0.3) is 11.3 Å². The van der Waals surface area contributed by atoms with Crippen molar-refractivity contribution in [2.45, 2.75) is 59.3 Å². The van der Waals surface area contributed by atoms with Crippen LogP contribution in [0, 0.1) is 11.7 Å². The van der Waals surface area contributed by atoms with E-state index < -0.39 is 6.10 Å². The van der Waals surface area contributed by atoms with E-state index in [4.69, 9.17) is 14.0 Å². The van der Waals surface area contributed by atoms with Gasteiger partial charge in [0.2, 0.25) is 5.88 Å². The Hall–Kier alpha value is -2.00. The maximum Gasteiger partial charge on any atom is 0.232 e. The zero-order valence-corrected chi connectivity index (χ0v) is 21.2. The second-order valence-electron chi connectivity index (χ2n) is 10.4. The fraction of sp³-hybridized carbons (Fsp3) is 0.654. The van der Waals surface area contributed by atoms with E-state index in [0.29, 0.717) is 62.5 Å². The second-order valence-corrected chi connectivity index (χ2v) is 10.4. The largest absolute Gasteiger partial charge is 0.389 e. The molecule has 0 saturated carbocycles. The monoisotopic (exact) mass is 477 g/mol. The Morgan fingerprint density at radius 2 is 1.91 bits per heavy atom. The van der Waals surface area contributed by atoms with Crippen molar-refractivity contribution in [2.24, 2.45) is 5.92 Å². The zero-order valence-electron chi connectivity index (χ0n) is 21.2. The first-order valence-corrected chi connectivity index (χ1v) is 12.2. The molecule has 1 N–H and O–H groups in total. The Kier molecular flexibility index (Phi) is 9.47. The highest BCUT2D eigenvalue weighted by atomic mass is 19.1. The summed E-state index contributed by atoms with van der Waals surface area (Å²) >= 11 is 0. The summed E-state index contributed by atoms with van der Waals surface area (Å²) in [5.74, 6) is 0.826. The van der Waals surface area contributed by atoms with Gasteiger partial charge in [-0.3, -0.25) is 4.90 Å². The van der Waals surface area contributed by atoms with Gasteiger partial charge >= 0.3 is 0 Å². The minimum absolute atomic E-state index is 0.252. The number of ether oxygens (including phenoxy) is 2. The van der Waals surface area contributed by atoms with Gasteiger partial charge in [-0.1, -0.05) is 31.1 Å². The van der Waals surface area contributed by atoms with Crippen LogP contribution in [0.15, 0.2) is 28.8 Å². The lowest BCUT2D eigenvalue weighted by atomic mass is 10.0. The van der Waals surface area contributed by atoms with E-state index in [1.165, 1.54) is 6.07 Å². The Morgan fingerprint density at radius 1 is 1.21 bits per heavy atom. The Balaban J connectivity index is 1.89. The SMILES string of the molecule is CC(C)CCN(Cc1c(-c2ccccc2F)noc1N1CCOCC1)CC(O)COC(C)(C)C. The molecule has 8 heteroatoms. The van der Waals surface area contributed by atoms with Crippen LogP contribution >= 0.6 is 0 Å². The first-order valence-electron chi connectivity index (χ1n) is 12.2. The maximum absolute atomic E-state index is 14.7. The van der Waals surface area contributed by atoms with Crippen molar-refractivity contribution in [3.05, 3.63) is 35.6 Å². The van der Waals surface area contributed by atoms with Gasteiger partial charge in [0.1, 0.15) is 11.5 Å². The Morgan fingerprint density at radius 3 is 2.56 bits per heavy atom. The van der Waals surface area contributed by atoms with Crippen molar-refractivity contribution in [2.75, 3.05) is 50.9 Å². The lowest BCUT2D eigenvalue weighted by Gasteiger charge is -2.30. The molecule has 2 heterocycles. The van der Waals surface area contributed by atoms with Gasteiger partial charge in [0.05, 0.1) is 37.1 Å². The van der Waals surface area contributed by atoms with Gasteiger partial charge in [-0.15, -0.1) is 0 Å². The molecule has 7 nitrogen and oxygen atoms in total. The Bertz CT molecular complexity index is 890. The zero-order chi connectivity index (χ0) is 24.7. The molecule has 1 saturated heterocycles. The molecule has 1 fully saturated rings. The second kappa shape index (κ2) is 12.1. The summed E-state index contributed by atoms with van der Waals surface area (Å²) in [6.07, 6.45) is 0.329. The van der Waals surface area contributed by atoms with Gasteiger partial charge in [-0.25, -0.2) is 4.39 Å². The third-order valence-corrected chi connectivity index (χ3v) is 5.78. The average Bonchev–Trinajstić information content (AvgIpc) is 3.19. The smallest absolute Gasteiger partial charge is 0.232 e. The van der Waals surface area contributed by atoms with E-state index in [1.807, 2.05) is 20.8 Å². The van der Waals surface area contributed by atoms with Crippen LogP contribution in [0.1, 0.15) is 46.6 Å². The molecule has 2 aromatic rings. The van der Waals surface area contributed by atoms with Crippen LogP contribution in [0.4, 0.5) is 10.3 Å². The van der Waals surface area contributed by atoms with Crippen LogP contribution in [0.5, 0.6) is 0 Å². The fourth-order valence-electron chi connectivity index (χ4n) is 3.92. The first kappa shape index (κ1) is 26.6. The van der Waals surface area contributed by atoms with Gasteiger partial charge < -0.3 is 24.0 Å². The molecule has 0 aliphatic carbocycles. The molecule has 3 rings (SSSR count). The van der Waals surface area contributed by atoms with Crippen LogP contribution in [0.3, 0.4) is 0 Å². The lowest BCUT2D eigenvalue weighted by molar-refractivity contribution is -0.0568. The average molecular weight is 478 g/mol. The first-order chi connectivity index (χ1) is 16.1. The molecule has 0 spiro atoms. The highest BCUT2D eigenvalue weighted by Crippen LogP contribution is 2.34. The van der Waals surface area contributed by atoms with Gasteiger partial charge in [0, 0.05) is 31.7 Å². The summed E-state index contributed by atoms with van der Waals surface area (Å²) in [6, 6.07) is 6.63. The van der Waals surface area contributed by atoms with Crippen molar-refractivity contribution in [3.63, 3.8) is 0 Å². The number of hydrogen-bond acceptors (Lipinski definition) is 7. The quantitative estimate of drug-likeness (QED) is 0.516. The molecule has 1 aliphatic rings. The normalized spacial score (nSPS) is 16.0. The van der Waals surface area contributed by atoms with Crippen molar-refractivity contribution in [1.29, 1.82) is 0 Å². The molecular formula is C26H40FN3O4. The van der Waals surface area contributed by atoms with Crippen molar-refractivity contribution >= 4 is 5.88 Å². The number of aromatic nitrogens is 1. The predicted octanol–water partition coefficient (Wildman–Crippen LogP) is 4.34. The van der Waals surface area contributed by atoms with E-state index in [2.05, 4.69) is 28.8 Å². The molecule has 0 radical (unpaired) electrons. The van der Waals surface area contributed by atoms with E-state index in [9.17, 15) is 9.50 Å². The molecule has 190 valence electrons. The van der Waals surface area contributed by atoms with E-state index in [0.717, 1.165) is 18.5 Å². The molecule has 1 unspecified atom stereocenters. The van der Waals surface area contributed by atoms with E-state index in [-0.39, 0.29) is 18.0 Å². The van der Waals surface area contributed by atoms with Gasteiger partial charge in [0.25, 0.3) is 0 Å². The number of aliphatic hydroxyl groups is 1.